The first kappa shape index (κ1) is 15.8. The number of carboxylic acid groups (broad SMARTS) is 1. The van der Waals surface area contributed by atoms with E-state index in [0.29, 0.717) is 21.6 Å². The van der Waals surface area contributed by atoms with Gasteiger partial charge in [-0.15, -0.1) is 0 Å². The van der Waals surface area contributed by atoms with E-state index in [9.17, 15) is 4.79 Å². The second-order valence-electron chi connectivity index (χ2n) is 4.74. The van der Waals surface area contributed by atoms with Crippen LogP contribution in [0.3, 0.4) is 0 Å². The molecule has 7 heteroatoms. The third kappa shape index (κ3) is 3.18. The van der Waals surface area contributed by atoms with Crippen LogP contribution in [0.2, 0.25) is 5.02 Å². The molecule has 1 heterocycles. The molecule has 0 radical (unpaired) electrons. The van der Waals surface area contributed by atoms with Gasteiger partial charge < -0.3 is 15.6 Å². The summed E-state index contributed by atoms with van der Waals surface area (Å²) in [6, 6.07) is 12.5. The Morgan fingerprint density at radius 1 is 1.22 bits per heavy atom. The fourth-order valence-corrected chi connectivity index (χ4v) is 2.78. The van der Waals surface area contributed by atoms with Crippen molar-refractivity contribution in [2.75, 3.05) is 5.73 Å². The van der Waals surface area contributed by atoms with Gasteiger partial charge in [0.2, 0.25) is 0 Å². The first-order valence-electron chi connectivity index (χ1n) is 6.51. The first-order chi connectivity index (χ1) is 11.0. The second-order valence-corrected chi connectivity index (χ2v) is 6.42. The Morgan fingerprint density at radius 3 is 2.57 bits per heavy atom. The van der Waals surface area contributed by atoms with Crippen molar-refractivity contribution in [1.29, 1.82) is 0 Å². The third-order valence-electron chi connectivity index (χ3n) is 3.24. The van der Waals surface area contributed by atoms with Gasteiger partial charge in [0.15, 0.2) is 5.75 Å². The number of nitrogen functional groups attached to an aromatic ring is 1. The molecule has 3 aromatic rings. The van der Waals surface area contributed by atoms with E-state index in [-0.39, 0.29) is 11.4 Å². The van der Waals surface area contributed by atoms with Gasteiger partial charge in [-0.3, -0.25) is 0 Å². The van der Waals surface area contributed by atoms with Gasteiger partial charge in [-0.1, -0.05) is 23.7 Å². The van der Waals surface area contributed by atoms with Crippen LogP contribution in [0.5, 0.6) is 5.75 Å². The van der Waals surface area contributed by atoms with E-state index < -0.39 is 6.16 Å². The lowest BCUT2D eigenvalue weighted by Gasteiger charge is -2.13. The van der Waals surface area contributed by atoms with Gasteiger partial charge in [-0.05, 0) is 52.9 Å². The predicted molar refractivity (Wildman–Crippen MR) is 98.0 cm³/mol. The lowest BCUT2D eigenvalue weighted by molar-refractivity contribution is 0.145. The van der Waals surface area contributed by atoms with Crippen LogP contribution in [0.4, 0.5) is 10.5 Å². The molecular weight excluding hydrogens is 431 g/mol. The Morgan fingerprint density at radius 2 is 1.91 bits per heavy atom. The van der Waals surface area contributed by atoms with Crippen molar-refractivity contribution in [2.24, 2.45) is 0 Å². The molecular formula is C16H10ClIN2O3. The number of anilines is 1. The van der Waals surface area contributed by atoms with Gasteiger partial charge in [0.05, 0.1) is 11.2 Å². The molecule has 5 nitrogen and oxygen atoms in total. The number of nitrogens with two attached hydrogens (primary N) is 1. The molecule has 0 saturated heterocycles. The van der Waals surface area contributed by atoms with Gasteiger partial charge >= 0.3 is 6.16 Å². The Kier molecular flexibility index (Phi) is 4.27. The van der Waals surface area contributed by atoms with Crippen molar-refractivity contribution >= 4 is 56.9 Å². The highest BCUT2D eigenvalue weighted by molar-refractivity contribution is 14.1. The van der Waals surface area contributed by atoms with E-state index >= 15 is 0 Å². The molecule has 0 spiro atoms. The summed E-state index contributed by atoms with van der Waals surface area (Å²) in [6.07, 6.45) is -1.45. The quantitative estimate of drug-likeness (QED) is 0.442. The van der Waals surface area contributed by atoms with E-state index in [1.54, 1.807) is 18.2 Å². The van der Waals surface area contributed by atoms with Crippen LogP contribution in [0.15, 0.2) is 42.5 Å². The van der Waals surface area contributed by atoms with E-state index in [4.69, 9.17) is 27.2 Å². The number of nitrogens with zero attached hydrogens (tertiary/aromatic N) is 1. The van der Waals surface area contributed by atoms with Gasteiger partial charge in [0.25, 0.3) is 0 Å². The van der Waals surface area contributed by atoms with Gasteiger partial charge in [0, 0.05) is 19.5 Å². The van der Waals surface area contributed by atoms with E-state index in [1.807, 2.05) is 24.3 Å². The average molecular weight is 441 g/mol. The Bertz CT molecular complexity index is 913. The average Bonchev–Trinajstić information content (AvgIpc) is 2.51. The van der Waals surface area contributed by atoms with Gasteiger partial charge in [-0.2, -0.15) is 0 Å². The minimum absolute atomic E-state index is 0.0403. The summed E-state index contributed by atoms with van der Waals surface area (Å²) < 4.78 is 5.96. The van der Waals surface area contributed by atoms with Crippen LogP contribution in [-0.2, 0) is 0 Å². The molecule has 0 unspecified atom stereocenters. The summed E-state index contributed by atoms with van der Waals surface area (Å²) in [6.45, 7) is 0. The van der Waals surface area contributed by atoms with Crippen LogP contribution in [0, 0.1) is 3.57 Å². The van der Waals surface area contributed by atoms with Crippen LogP contribution >= 0.6 is 34.2 Å². The van der Waals surface area contributed by atoms with E-state index in [2.05, 4.69) is 27.6 Å². The number of benzene rings is 2. The molecule has 116 valence electrons. The molecule has 23 heavy (non-hydrogen) atoms. The molecule has 0 aliphatic rings. The molecule has 0 aliphatic carbocycles. The number of hydrogen-bond donors (Lipinski definition) is 2. The lowest BCUT2D eigenvalue weighted by Crippen LogP contribution is -2.07. The number of halogens is 2. The number of pyridine rings is 1. The molecule has 3 N–H and O–H groups in total. The summed E-state index contributed by atoms with van der Waals surface area (Å²) in [5, 5.41) is 9.88. The third-order valence-corrected chi connectivity index (χ3v) is 4.20. The highest BCUT2D eigenvalue weighted by Gasteiger charge is 2.18. The maximum absolute atomic E-state index is 11.0. The van der Waals surface area contributed by atoms with E-state index in [1.165, 1.54) is 0 Å². The van der Waals surface area contributed by atoms with Crippen molar-refractivity contribution in [3.8, 4) is 17.0 Å². The fourth-order valence-electron chi connectivity index (χ4n) is 2.25. The summed E-state index contributed by atoms with van der Waals surface area (Å²) in [5.74, 6) is 0.0403. The molecule has 2 aromatic carbocycles. The van der Waals surface area contributed by atoms with E-state index in [0.717, 1.165) is 9.13 Å². The van der Waals surface area contributed by atoms with Crippen LogP contribution in [-0.4, -0.2) is 16.2 Å². The van der Waals surface area contributed by atoms with Crippen LogP contribution < -0.4 is 10.5 Å². The zero-order chi connectivity index (χ0) is 16.6. The Labute approximate surface area is 150 Å². The van der Waals surface area contributed by atoms with Crippen molar-refractivity contribution < 1.29 is 14.6 Å². The normalized spacial score (nSPS) is 10.7. The largest absolute Gasteiger partial charge is 0.511 e. The number of hydrogen-bond acceptors (Lipinski definition) is 4. The van der Waals surface area contributed by atoms with Gasteiger partial charge in [-0.25, -0.2) is 9.78 Å². The number of rotatable bonds is 2. The van der Waals surface area contributed by atoms with Crippen molar-refractivity contribution in [1.82, 2.24) is 4.98 Å². The predicted octanol–water partition coefficient (Wildman–Crippen LogP) is 4.80. The van der Waals surface area contributed by atoms with Crippen molar-refractivity contribution in [3.63, 3.8) is 0 Å². The molecule has 1 aromatic heterocycles. The highest BCUT2D eigenvalue weighted by atomic mass is 127. The monoisotopic (exact) mass is 440 g/mol. The maximum Gasteiger partial charge on any atom is 0.511 e. The summed E-state index contributed by atoms with van der Waals surface area (Å²) >= 11 is 8.18. The van der Waals surface area contributed by atoms with Crippen LogP contribution in [0.1, 0.15) is 0 Å². The summed E-state index contributed by atoms with van der Waals surface area (Å²) in [7, 11) is 0. The minimum Gasteiger partial charge on any atom is -0.449 e. The zero-order valence-corrected chi connectivity index (χ0v) is 14.5. The van der Waals surface area contributed by atoms with Crippen molar-refractivity contribution in [2.45, 2.75) is 0 Å². The Hall–Kier alpha value is -2.06. The second kappa shape index (κ2) is 6.21. The van der Waals surface area contributed by atoms with Crippen molar-refractivity contribution in [3.05, 3.63) is 51.1 Å². The highest BCUT2D eigenvalue weighted by Crippen LogP contribution is 2.39. The lowest BCUT2D eigenvalue weighted by atomic mass is 10.1. The number of carbonyl (C=O) groups is 1. The molecule has 0 saturated carbocycles. The first-order valence-corrected chi connectivity index (χ1v) is 7.97. The molecule has 3 rings (SSSR count). The standard InChI is InChI=1S/C16H10ClIN2O3/c17-9-3-6-12-11(7-9)15(23-16(21)22)13(19)14(20-12)8-1-4-10(18)5-2-8/h1-7H,19H2,(H,21,22). The molecule has 0 amide bonds. The molecule has 0 bridgehead atoms. The topological polar surface area (TPSA) is 85.4 Å². The maximum atomic E-state index is 11.0. The van der Waals surface area contributed by atoms with Gasteiger partial charge in [0.1, 0.15) is 5.69 Å². The SMILES string of the molecule is Nc1c(-c2ccc(I)cc2)nc2ccc(Cl)cc2c1OC(=O)O. The summed E-state index contributed by atoms with van der Waals surface area (Å²) in [4.78, 5) is 15.5. The molecule has 0 aliphatic heterocycles. The number of ether oxygens (including phenoxy) is 1. The summed E-state index contributed by atoms with van der Waals surface area (Å²) in [5.41, 5.74) is 8.07. The molecule has 0 atom stereocenters. The number of fused-ring (bicyclic) bond motifs is 1. The number of aromatic nitrogens is 1. The smallest absolute Gasteiger partial charge is 0.449 e. The minimum atomic E-state index is -1.45. The van der Waals surface area contributed by atoms with Crippen LogP contribution in [0.25, 0.3) is 22.2 Å². The Balaban J connectivity index is 2.31. The zero-order valence-electron chi connectivity index (χ0n) is 11.6. The molecule has 0 fully saturated rings. The fraction of sp³-hybridized carbons (Fsp3) is 0.